The predicted molar refractivity (Wildman–Crippen MR) is 67.8 cm³/mol. The van der Waals surface area contributed by atoms with Gasteiger partial charge in [-0.2, -0.15) is 0 Å². The van der Waals surface area contributed by atoms with Crippen LogP contribution in [0.3, 0.4) is 0 Å². The van der Waals surface area contributed by atoms with E-state index in [1.54, 1.807) is 17.1 Å². The zero-order valence-electron chi connectivity index (χ0n) is 10.8. The average Bonchev–Trinajstić information content (AvgIpc) is 2.92. The second-order valence-electron chi connectivity index (χ2n) is 4.76. The van der Waals surface area contributed by atoms with E-state index in [1.807, 2.05) is 0 Å². The van der Waals surface area contributed by atoms with Crippen LogP contribution in [-0.2, 0) is 11.3 Å². The summed E-state index contributed by atoms with van der Waals surface area (Å²) < 4.78 is 1.71. The summed E-state index contributed by atoms with van der Waals surface area (Å²) in [5, 5.41) is 13.8. The summed E-state index contributed by atoms with van der Waals surface area (Å²) in [5.41, 5.74) is 0. The van der Waals surface area contributed by atoms with Crippen LogP contribution in [0.4, 0.5) is 0 Å². The molecule has 1 aromatic rings. The van der Waals surface area contributed by atoms with Crippen LogP contribution in [0, 0.1) is 5.92 Å². The number of hydrogen-bond acceptors (Lipinski definition) is 4. The molecular formula is C12H21N5O. The van der Waals surface area contributed by atoms with E-state index < -0.39 is 0 Å². The molecule has 1 amide bonds. The van der Waals surface area contributed by atoms with Gasteiger partial charge in [-0.05, 0) is 25.3 Å². The second-order valence-corrected chi connectivity index (χ2v) is 4.76. The number of hydrogen-bond donors (Lipinski definition) is 2. The van der Waals surface area contributed by atoms with Crippen LogP contribution in [0.1, 0.15) is 26.2 Å². The molecule has 2 unspecified atom stereocenters. The lowest BCUT2D eigenvalue weighted by atomic mass is 9.90. The summed E-state index contributed by atoms with van der Waals surface area (Å²) in [7, 11) is 0. The van der Waals surface area contributed by atoms with Crippen molar-refractivity contribution in [2.75, 3.05) is 13.1 Å². The van der Waals surface area contributed by atoms with Gasteiger partial charge in [0.05, 0.1) is 18.8 Å². The van der Waals surface area contributed by atoms with E-state index >= 15 is 0 Å². The van der Waals surface area contributed by atoms with E-state index in [2.05, 4.69) is 27.9 Å². The fourth-order valence-corrected chi connectivity index (χ4v) is 2.34. The summed E-state index contributed by atoms with van der Waals surface area (Å²) in [6, 6.07) is -0.0283. The van der Waals surface area contributed by atoms with Crippen molar-refractivity contribution < 1.29 is 4.79 Å². The largest absolute Gasteiger partial charge is 0.353 e. The lowest BCUT2D eigenvalue weighted by Crippen LogP contribution is -2.49. The minimum Gasteiger partial charge on any atom is -0.353 e. The van der Waals surface area contributed by atoms with Crippen LogP contribution >= 0.6 is 0 Å². The Morgan fingerprint density at radius 1 is 1.61 bits per heavy atom. The second kappa shape index (κ2) is 6.49. The van der Waals surface area contributed by atoms with Gasteiger partial charge >= 0.3 is 0 Å². The van der Waals surface area contributed by atoms with Crippen molar-refractivity contribution in [3.63, 3.8) is 0 Å². The molecular weight excluding hydrogens is 230 g/mol. The number of amides is 1. The van der Waals surface area contributed by atoms with E-state index in [9.17, 15) is 4.79 Å². The monoisotopic (exact) mass is 251 g/mol. The van der Waals surface area contributed by atoms with Gasteiger partial charge < -0.3 is 10.6 Å². The third-order valence-electron chi connectivity index (χ3n) is 3.52. The van der Waals surface area contributed by atoms with E-state index in [0.717, 1.165) is 19.4 Å². The molecule has 2 atom stereocenters. The van der Waals surface area contributed by atoms with Crippen LogP contribution in [0.15, 0.2) is 12.4 Å². The zero-order valence-corrected chi connectivity index (χ0v) is 10.8. The zero-order chi connectivity index (χ0) is 12.8. The minimum absolute atomic E-state index is 0.0283. The molecule has 2 N–H and O–H groups in total. The van der Waals surface area contributed by atoms with Gasteiger partial charge in [-0.15, -0.1) is 5.10 Å². The number of piperidine rings is 1. The predicted octanol–water partition coefficient (Wildman–Crippen LogP) is 0.173. The first kappa shape index (κ1) is 13.0. The molecule has 0 radical (unpaired) electrons. The Labute approximate surface area is 107 Å². The van der Waals surface area contributed by atoms with Gasteiger partial charge in [0.15, 0.2) is 0 Å². The number of carbonyl (C=O) groups is 1. The topological polar surface area (TPSA) is 71.8 Å². The summed E-state index contributed by atoms with van der Waals surface area (Å²) in [4.78, 5) is 12.0. The maximum absolute atomic E-state index is 12.0. The van der Waals surface area contributed by atoms with Crippen LogP contribution in [0.2, 0.25) is 0 Å². The Morgan fingerprint density at radius 2 is 2.50 bits per heavy atom. The van der Waals surface area contributed by atoms with Crippen molar-refractivity contribution in [1.82, 2.24) is 25.6 Å². The van der Waals surface area contributed by atoms with Crippen LogP contribution in [-0.4, -0.2) is 40.0 Å². The Balaban J connectivity index is 1.70. The molecule has 2 rings (SSSR count). The highest BCUT2D eigenvalue weighted by atomic mass is 16.2. The quantitative estimate of drug-likeness (QED) is 0.782. The van der Waals surface area contributed by atoms with Gasteiger partial charge in [0.1, 0.15) is 0 Å². The molecule has 1 aliphatic rings. The molecule has 0 bridgehead atoms. The standard InChI is InChI=1S/C12H21N5O/c1-2-10-3-4-13-11(9-10)12(18)14-5-7-17-8-6-15-16-17/h6,8,10-11,13H,2-5,7,9H2,1H3,(H,14,18). The minimum atomic E-state index is -0.0283. The van der Waals surface area contributed by atoms with Crippen LogP contribution in [0.25, 0.3) is 0 Å². The maximum Gasteiger partial charge on any atom is 0.237 e. The third kappa shape index (κ3) is 3.53. The van der Waals surface area contributed by atoms with E-state index in [-0.39, 0.29) is 11.9 Å². The van der Waals surface area contributed by atoms with Crippen molar-refractivity contribution in [3.05, 3.63) is 12.4 Å². The number of nitrogens with one attached hydrogen (secondary N) is 2. The summed E-state index contributed by atoms with van der Waals surface area (Å²) in [6.07, 6.45) is 6.71. The highest BCUT2D eigenvalue weighted by Gasteiger charge is 2.25. The van der Waals surface area contributed by atoms with Crippen molar-refractivity contribution in [2.45, 2.75) is 38.8 Å². The fraction of sp³-hybridized carbons (Fsp3) is 0.750. The molecule has 0 spiro atoms. The fourth-order valence-electron chi connectivity index (χ4n) is 2.34. The summed E-state index contributed by atoms with van der Waals surface area (Å²) >= 11 is 0. The van der Waals surface area contributed by atoms with Crippen molar-refractivity contribution >= 4 is 5.91 Å². The first-order chi connectivity index (χ1) is 8.79. The van der Waals surface area contributed by atoms with Gasteiger partial charge in [0.25, 0.3) is 0 Å². The molecule has 1 aliphatic heterocycles. The Bertz CT molecular complexity index is 365. The van der Waals surface area contributed by atoms with Gasteiger partial charge in [0, 0.05) is 12.7 Å². The van der Waals surface area contributed by atoms with Crippen LogP contribution in [0.5, 0.6) is 0 Å². The summed E-state index contributed by atoms with van der Waals surface area (Å²) in [6.45, 7) is 4.39. The lowest BCUT2D eigenvalue weighted by molar-refractivity contribution is -0.124. The molecule has 0 aliphatic carbocycles. The molecule has 0 aromatic carbocycles. The summed E-state index contributed by atoms with van der Waals surface area (Å²) in [5.74, 6) is 0.783. The number of rotatable bonds is 5. The molecule has 100 valence electrons. The normalized spacial score (nSPS) is 23.8. The van der Waals surface area contributed by atoms with Gasteiger partial charge in [0.2, 0.25) is 5.91 Å². The first-order valence-electron chi connectivity index (χ1n) is 6.64. The van der Waals surface area contributed by atoms with E-state index in [4.69, 9.17) is 0 Å². The van der Waals surface area contributed by atoms with Crippen molar-refractivity contribution in [1.29, 1.82) is 0 Å². The molecule has 1 saturated heterocycles. The average molecular weight is 251 g/mol. The molecule has 6 heteroatoms. The SMILES string of the molecule is CCC1CCNC(C(=O)NCCn2ccnn2)C1. The highest BCUT2D eigenvalue weighted by Crippen LogP contribution is 2.19. The Hall–Kier alpha value is -1.43. The number of aromatic nitrogens is 3. The van der Waals surface area contributed by atoms with E-state index in [1.165, 1.54) is 6.42 Å². The smallest absolute Gasteiger partial charge is 0.237 e. The van der Waals surface area contributed by atoms with Crippen molar-refractivity contribution in [2.24, 2.45) is 5.92 Å². The highest BCUT2D eigenvalue weighted by molar-refractivity contribution is 5.81. The molecule has 6 nitrogen and oxygen atoms in total. The third-order valence-corrected chi connectivity index (χ3v) is 3.52. The molecule has 1 aromatic heterocycles. The molecule has 2 heterocycles. The molecule has 1 fully saturated rings. The maximum atomic E-state index is 12.0. The molecule has 18 heavy (non-hydrogen) atoms. The Kier molecular flexibility index (Phi) is 4.69. The van der Waals surface area contributed by atoms with Crippen LogP contribution < -0.4 is 10.6 Å². The van der Waals surface area contributed by atoms with Gasteiger partial charge in [-0.1, -0.05) is 18.6 Å². The lowest BCUT2D eigenvalue weighted by Gasteiger charge is -2.28. The Morgan fingerprint density at radius 3 is 3.22 bits per heavy atom. The van der Waals surface area contributed by atoms with Gasteiger partial charge in [-0.3, -0.25) is 9.48 Å². The van der Waals surface area contributed by atoms with Gasteiger partial charge in [-0.25, -0.2) is 0 Å². The van der Waals surface area contributed by atoms with E-state index in [0.29, 0.717) is 19.0 Å². The van der Waals surface area contributed by atoms with Crippen molar-refractivity contribution in [3.8, 4) is 0 Å². The molecule has 0 saturated carbocycles. The number of nitrogens with zero attached hydrogens (tertiary/aromatic N) is 3. The number of carbonyl (C=O) groups excluding carboxylic acids is 1. The first-order valence-corrected chi connectivity index (χ1v) is 6.64.